The molecule has 0 aromatic carbocycles. The highest BCUT2D eigenvalue weighted by Gasteiger charge is 2.25. The molecule has 1 atom stereocenters. The molecule has 102 valence electrons. The van der Waals surface area contributed by atoms with E-state index in [1.54, 1.807) is 10.9 Å². The lowest BCUT2D eigenvalue weighted by atomic mass is 10.2. The van der Waals surface area contributed by atoms with Gasteiger partial charge in [-0.1, -0.05) is 6.42 Å². The number of nitrogens with zero attached hydrogens (tertiary/aromatic N) is 3. The van der Waals surface area contributed by atoms with E-state index in [4.69, 9.17) is 0 Å². The normalized spacial score (nSPS) is 19.8. The van der Waals surface area contributed by atoms with Gasteiger partial charge in [-0.2, -0.15) is 22.5 Å². The van der Waals surface area contributed by atoms with E-state index >= 15 is 0 Å². The molecule has 1 aliphatic heterocycles. The zero-order valence-electron chi connectivity index (χ0n) is 10.6. The molecule has 7 heteroatoms. The number of aromatic nitrogens is 2. The Morgan fingerprint density at radius 3 is 2.67 bits per heavy atom. The van der Waals surface area contributed by atoms with Crippen LogP contribution in [0.15, 0.2) is 18.5 Å². The molecule has 0 unspecified atom stereocenters. The van der Waals surface area contributed by atoms with E-state index in [-0.39, 0.29) is 6.04 Å². The highest BCUT2D eigenvalue weighted by Crippen LogP contribution is 2.12. The van der Waals surface area contributed by atoms with Gasteiger partial charge in [-0.05, 0) is 25.8 Å². The number of rotatable bonds is 5. The summed E-state index contributed by atoms with van der Waals surface area (Å²) >= 11 is 0. The third-order valence-electron chi connectivity index (χ3n) is 3.03. The summed E-state index contributed by atoms with van der Waals surface area (Å²) in [7, 11) is -3.34. The number of hydrogen-bond donors (Lipinski definition) is 1. The third-order valence-corrected chi connectivity index (χ3v) is 4.77. The maximum Gasteiger partial charge on any atom is 0.279 e. The fourth-order valence-electron chi connectivity index (χ4n) is 2.16. The molecule has 1 aromatic heterocycles. The van der Waals surface area contributed by atoms with Gasteiger partial charge in [0.25, 0.3) is 10.2 Å². The standard InChI is InChI=1S/C11H20N4O2S/c1-11(10-14-7-5-6-12-14)13-18(16,17)15-8-3-2-4-9-15/h5-7,11,13H,2-4,8-10H2,1H3/t11-/m1/s1. The van der Waals surface area contributed by atoms with Crippen LogP contribution in [0.5, 0.6) is 0 Å². The van der Waals surface area contributed by atoms with Crippen LogP contribution in [0, 0.1) is 0 Å². The van der Waals surface area contributed by atoms with Crippen LogP contribution in [0.1, 0.15) is 26.2 Å². The van der Waals surface area contributed by atoms with E-state index in [0.29, 0.717) is 19.6 Å². The van der Waals surface area contributed by atoms with Crippen LogP contribution in [0.2, 0.25) is 0 Å². The van der Waals surface area contributed by atoms with Crippen LogP contribution < -0.4 is 4.72 Å². The van der Waals surface area contributed by atoms with Gasteiger partial charge >= 0.3 is 0 Å². The molecule has 1 saturated heterocycles. The summed E-state index contributed by atoms with van der Waals surface area (Å²) in [4.78, 5) is 0. The van der Waals surface area contributed by atoms with Crippen LogP contribution in [-0.2, 0) is 16.8 Å². The van der Waals surface area contributed by atoms with Gasteiger partial charge in [0.05, 0.1) is 6.54 Å². The Morgan fingerprint density at radius 1 is 1.33 bits per heavy atom. The highest BCUT2D eigenvalue weighted by molar-refractivity contribution is 7.87. The van der Waals surface area contributed by atoms with Gasteiger partial charge in [0.2, 0.25) is 0 Å². The second-order valence-corrected chi connectivity index (χ2v) is 6.41. The van der Waals surface area contributed by atoms with Gasteiger partial charge in [-0.25, -0.2) is 0 Å². The third kappa shape index (κ3) is 3.54. The average molecular weight is 272 g/mol. The van der Waals surface area contributed by atoms with Crippen molar-refractivity contribution in [2.45, 2.75) is 38.8 Å². The smallest absolute Gasteiger partial charge is 0.271 e. The van der Waals surface area contributed by atoms with Crippen LogP contribution in [0.3, 0.4) is 0 Å². The van der Waals surface area contributed by atoms with Gasteiger partial charge < -0.3 is 0 Å². The summed E-state index contributed by atoms with van der Waals surface area (Å²) < 4.78 is 30.2. The summed E-state index contributed by atoms with van der Waals surface area (Å²) in [5.41, 5.74) is 0. The second kappa shape index (κ2) is 5.81. The van der Waals surface area contributed by atoms with E-state index in [1.807, 2.05) is 19.2 Å². The van der Waals surface area contributed by atoms with E-state index in [9.17, 15) is 8.42 Å². The minimum absolute atomic E-state index is 0.170. The predicted molar refractivity (Wildman–Crippen MR) is 69.2 cm³/mol. The minimum atomic E-state index is -3.34. The van der Waals surface area contributed by atoms with Crippen LogP contribution in [0.25, 0.3) is 0 Å². The Labute approximate surface area is 108 Å². The largest absolute Gasteiger partial charge is 0.279 e. The molecule has 2 heterocycles. The molecule has 0 aliphatic carbocycles. The molecule has 0 bridgehead atoms. The Kier molecular flexibility index (Phi) is 4.36. The van der Waals surface area contributed by atoms with E-state index in [0.717, 1.165) is 19.3 Å². The quantitative estimate of drug-likeness (QED) is 0.853. The molecule has 1 N–H and O–H groups in total. The van der Waals surface area contributed by atoms with Crippen LogP contribution >= 0.6 is 0 Å². The number of hydrogen-bond acceptors (Lipinski definition) is 3. The van der Waals surface area contributed by atoms with Gasteiger partial charge in [-0.3, -0.25) is 4.68 Å². The first-order valence-corrected chi connectivity index (χ1v) is 7.77. The SMILES string of the molecule is C[C@H](Cn1cccn1)NS(=O)(=O)N1CCCCC1. The second-order valence-electron chi connectivity index (χ2n) is 4.71. The average Bonchev–Trinajstić information content (AvgIpc) is 2.82. The highest BCUT2D eigenvalue weighted by atomic mass is 32.2. The topological polar surface area (TPSA) is 67.2 Å². The van der Waals surface area contributed by atoms with Crippen molar-refractivity contribution in [1.29, 1.82) is 0 Å². The number of nitrogens with one attached hydrogen (secondary N) is 1. The molecule has 18 heavy (non-hydrogen) atoms. The molecule has 2 rings (SSSR count). The summed E-state index contributed by atoms with van der Waals surface area (Å²) in [5, 5.41) is 4.07. The maximum atomic E-state index is 12.1. The summed E-state index contributed by atoms with van der Waals surface area (Å²) in [5.74, 6) is 0. The lowest BCUT2D eigenvalue weighted by Crippen LogP contribution is -2.47. The molecule has 1 fully saturated rings. The van der Waals surface area contributed by atoms with Gasteiger partial charge in [0, 0.05) is 31.5 Å². The van der Waals surface area contributed by atoms with Crippen molar-refractivity contribution in [1.82, 2.24) is 18.8 Å². The summed E-state index contributed by atoms with van der Waals surface area (Å²) in [6.07, 6.45) is 6.54. The first kappa shape index (κ1) is 13.5. The molecular formula is C11H20N4O2S. The fraction of sp³-hybridized carbons (Fsp3) is 0.727. The number of piperidine rings is 1. The minimum Gasteiger partial charge on any atom is -0.271 e. The molecule has 0 saturated carbocycles. The summed E-state index contributed by atoms with van der Waals surface area (Å²) in [6.45, 7) is 3.65. The van der Waals surface area contributed by atoms with Crippen molar-refractivity contribution >= 4 is 10.2 Å². The Hall–Kier alpha value is -0.920. The summed E-state index contributed by atoms with van der Waals surface area (Å²) in [6, 6.07) is 1.66. The molecule has 0 amide bonds. The molecule has 0 spiro atoms. The molecule has 0 radical (unpaired) electrons. The zero-order valence-corrected chi connectivity index (χ0v) is 11.4. The van der Waals surface area contributed by atoms with E-state index < -0.39 is 10.2 Å². The Morgan fingerprint density at radius 2 is 2.06 bits per heavy atom. The maximum absolute atomic E-state index is 12.1. The van der Waals surface area contributed by atoms with Crippen molar-refractivity contribution in [3.05, 3.63) is 18.5 Å². The Balaban J connectivity index is 1.90. The molecule has 1 aromatic rings. The lowest BCUT2D eigenvalue weighted by Gasteiger charge is -2.27. The first-order valence-electron chi connectivity index (χ1n) is 6.33. The van der Waals surface area contributed by atoms with Crippen LogP contribution in [-0.4, -0.2) is 41.6 Å². The van der Waals surface area contributed by atoms with Crippen LogP contribution in [0.4, 0.5) is 0 Å². The van der Waals surface area contributed by atoms with Crippen molar-refractivity contribution in [2.24, 2.45) is 0 Å². The van der Waals surface area contributed by atoms with Crippen molar-refractivity contribution < 1.29 is 8.42 Å². The lowest BCUT2D eigenvalue weighted by molar-refractivity contribution is 0.336. The molecule has 6 nitrogen and oxygen atoms in total. The zero-order chi connectivity index (χ0) is 13.0. The predicted octanol–water partition coefficient (Wildman–Crippen LogP) is 0.592. The first-order chi connectivity index (χ1) is 8.58. The molecular weight excluding hydrogens is 252 g/mol. The van der Waals surface area contributed by atoms with Crippen molar-refractivity contribution in [3.8, 4) is 0 Å². The van der Waals surface area contributed by atoms with Gasteiger partial charge in [0.1, 0.15) is 0 Å². The molecule has 1 aliphatic rings. The van der Waals surface area contributed by atoms with E-state index in [1.165, 1.54) is 4.31 Å². The monoisotopic (exact) mass is 272 g/mol. The fourth-order valence-corrected chi connectivity index (χ4v) is 3.63. The van der Waals surface area contributed by atoms with Gasteiger partial charge in [0.15, 0.2) is 0 Å². The van der Waals surface area contributed by atoms with E-state index in [2.05, 4.69) is 9.82 Å². The van der Waals surface area contributed by atoms with Gasteiger partial charge in [-0.15, -0.1) is 0 Å². The Bertz CT molecular complexity index is 451. The van der Waals surface area contributed by atoms with Crippen molar-refractivity contribution in [3.63, 3.8) is 0 Å². The van der Waals surface area contributed by atoms with Crippen molar-refractivity contribution in [2.75, 3.05) is 13.1 Å².